The number of hydrogen-bond donors (Lipinski definition) is 1. The lowest BCUT2D eigenvalue weighted by Crippen LogP contribution is -2.38. The minimum absolute atomic E-state index is 0.00807. The summed E-state index contributed by atoms with van der Waals surface area (Å²) in [6.07, 6.45) is -4.24. The van der Waals surface area contributed by atoms with Gasteiger partial charge in [-0.05, 0) is 30.7 Å². The highest BCUT2D eigenvalue weighted by atomic mass is 79.9. The number of nitrogens with zero attached hydrogens (tertiary/aromatic N) is 1. The fraction of sp³-hybridized carbons (Fsp3) is 0.538. The van der Waals surface area contributed by atoms with E-state index in [2.05, 4.69) is 15.9 Å². The van der Waals surface area contributed by atoms with Crippen molar-refractivity contribution >= 4 is 25.8 Å². The van der Waals surface area contributed by atoms with Crippen LogP contribution in [-0.4, -0.2) is 56.6 Å². The molecular weight excluding hydrogens is 387 g/mol. The van der Waals surface area contributed by atoms with Gasteiger partial charge in [-0.3, -0.25) is 4.90 Å². The summed E-state index contributed by atoms with van der Waals surface area (Å²) in [5, 5.41) is 8.71. The Morgan fingerprint density at radius 1 is 1.14 bits per heavy atom. The van der Waals surface area contributed by atoms with Gasteiger partial charge in [0.05, 0.1) is 17.2 Å². The maximum atomic E-state index is 12.5. The summed E-state index contributed by atoms with van der Waals surface area (Å²) < 4.78 is 62.3. The first-order chi connectivity index (χ1) is 10.1. The van der Waals surface area contributed by atoms with E-state index in [0.29, 0.717) is 4.47 Å². The number of sulfone groups is 1. The third-order valence-corrected chi connectivity index (χ3v) is 5.12. The Balaban J connectivity index is 2.71. The monoisotopic (exact) mass is 403 g/mol. The Morgan fingerprint density at radius 2 is 1.73 bits per heavy atom. The summed E-state index contributed by atoms with van der Waals surface area (Å²) in [7, 11) is -3.65. The number of benzene rings is 1. The summed E-state index contributed by atoms with van der Waals surface area (Å²) in [5.41, 5.74) is 0. The fourth-order valence-electron chi connectivity index (χ4n) is 1.83. The van der Waals surface area contributed by atoms with Gasteiger partial charge in [-0.2, -0.15) is 13.2 Å². The van der Waals surface area contributed by atoms with E-state index in [0.717, 1.165) is 4.90 Å². The van der Waals surface area contributed by atoms with Crippen LogP contribution >= 0.6 is 15.9 Å². The lowest BCUT2D eigenvalue weighted by atomic mass is 10.4. The highest BCUT2D eigenvalue weighted by Gasteiger charge is 2.31. The Hall–Kier alpha value is -0.640. The van der Waals surface area contributed by atoms with Crippen LogP contribution in [0.25, 0.3) is 0 Å². The molecule has 0 aromatic heterocycles. The van der Waals surface area contributed by atoms with Gasteiger partial charge in [0, 0.05) is 24.2 Å². The lowest BCUT2D eigenvalue weighted by molar-refractivity contribution is -0.145. The number of hydrogen-bond acceptors (Lipinski definition) is 4. The van der Waals surface area contributed by atoms with Gasteiger partial charge in [0.25, 0.3) is 0 Å². The number of rotatable bonds is 8. The third kappa shape index (κ3) is 7.08. The first kappa shape index (κ1) is 19.4. The summed E-state index contributed by atoms with van der Waals surface area (Å²) in [6, 6.07) is 5.93. The zero-order valence-corrected chi connectivity index (χ0v) is 14.1. The normalized spacial score (nSPS) is 12.8. The van der Waals surface area contributed by atoms with Gasteiger partial charge in [0.1, 0.15) is 0 Å². The minimum Gasteiger partial charge on any atom is -0.396 e. The highest BCUT2D eigenvalue weighted by molar-refractivity contribution is 9.10. The molecule has 1 aromatic carbocycles. The molecule has 9 heteroatoms. The van der Waals surface area contributed by atoms with Crippen molar-refractivity contribution in [2.45, 2.75) is 17.5 Å². The molecule has 0 unspecified atom stereocenters. The molecule has 1 N–H and O–H groups in total. The van der Waals surface area contributed by atoms with E-state index in [4.69, 9.17) is 5.11 Å². The van der Waals surface area contributed by atoms with Crippen molar-refractivity contribution in [1.29, 1.82) is 0 Å². The third-order valence-electron chi connectivity index (χ3n) is 2.88. The van der Waals surface area contributed by atoms with Crippen LogP contribution in [-0.2, 0) is 9.84 Å². The standard InChI is InChI=1S/C13H17BrF3NO3S/c14-11-2-4-12(5-3-11)22(20,21)9-7-18(6-1-8-19)10-13(15,16)17/h2-5,19H,1,6-10H2. The highest BCUT2D eigenvalue weighted by Crippen LogP contribution is 2.18. The minimum atomic E-state index is -4.41. The maximum absolute atomic E-state index is 12.5. The van der Waals surface area contributed by atoms with E-state index in [1.54, 1.807) is 12.1 Å². The van der Waals surface area contributed by atoms with Gasteiger partial charge in [-0.15, -0.1) is 0 Å². The molecule has 1 rings (SSSR count). The van der Waals surface area contributed by atoms with Crippen molar-refractivity contribution in [2.24, 2.45) is 0 Å². The molecule has 0 bridgehead atoms. The number of alkyl halides is 3. The van der Waals surface area contributed by atoms with Crippen LogP contribution in [0.15, 0.2) is 33.6 Å². The second kappa shape index (κ2) is 8.28. The lowest BCUT2D eigenvalue weighted by Gasteiger charge is -2.23. The van der Waals surface area contributed by atoms with Crippen molar-refractivity contribution in [3.8, 4) is 0 Å². The van der Waals surface area contributed by atoms with Crippen molar-refractivity contribution in [2.75, 3.05) is 32.0 Å². The van der Waals surface area contributed by atoms with Crippen LogP contribution in [0.2, 0.25) is 0 Å². The predicted molar refractivity (Wildman–Crippen MR) is 80.4 cm³/mol. The van der Waals surface area contributed by atoms with Gasteiger partial charge in [0.15, 0.2) is 9.84 Å². The van der Waals surface area contributed by atoms with Gasteiger partial charge in [-0.25, -0.2) is 8.42 Å². The van der Waals surface area contributed by atoms with E-state index in [1.165, 1.54) is 12.1 Å². The second-order valence-electron chi connectivity index (χ2n) is 4.74. The quantitative estimate of drug-likeness (QED) is 0.724. The average Bonchev–Trinajstić information content (AvgIpc) is 2.41. The largest absolute Gasteiger partial charge is 0.401 e. The molecule has 0 aliphatic rings. The fourth-order valence-corrected chi connectivity index (χ4v) is 3.38. The van der Waals surface area contributed by atoms with Crippen molar-refractivity contribution in [1.82, 2.24) is 4.90 Å². The smallest absolute Gasteiger partial charge is 0.396 e. The molecule has 22 heavy (non-hydrogen) atoms. The molecule has 0 aliphatic heterocycles. The molecule has 0 fully saturated rings. The molecule has 0 amide bonds. The molecule has 0 saturated carbocycles. The van der Waals surface area contributed by atoms with Crippen molar-refractivity contribution in [3.05, 3.63) is 28.7 Å². The van der Waals surface area contributed by atoms with Crippen LogP contribution in [0.1, 0.15) is 6.42 Å². The zero-order valence-electron chi connectivity index (χ0n) is 11.7. The van der Waals surface area contributed by atoms with E-state index >= 15 is 0 Å². The summed E-state index contributed by atoms with van der Waals surface area (Å²) >= 11 is 3.18. The molecule has 0 saturated heterocycles. The Morgan fingerprint density at radius 3 is 2.23 bits per heavy atom. The summed E-state index contributed by atoms with van der Waals surface area (Å²) in [4.78, 5) is 1.07. The van der Waals surface area contributed by atoms with Gasteiger partial charge in [0.2, 0.25) is 0 Å². The molecule has 126 valence electrons. The maximum Gasteiger partial charge on any atom is 0.401 e. The van der Waals surface area contributed by atoms with E-state index in [9.17, 15) is 21.6 Å². The van der Waals surface area contributed by atoms with Crippen LogP contribution in [0.5, 0.6) is 0 Å². The Kier molecular flexibility index (Phi) is 7.30. The van der Waals surface area contributed by atoms with Crippen molar-refractivity contribution < 1.29 is 26.7 Å². The van der Waals surface area contributed by atoms with E-state index in [-0.39, 0.29) is 31.0 Å². The predicted octanol–water partition coefficient (Wildman–Crippen LogP) is 2.47. The topological polar surface area (TPSA) is 57.6 Å². The van der Waals surface area contributed by atoms with Crippen LogP contribution in [0.3, 0.4) is 0 Å². The number of aliphatic hydroxyl groups is 1. The van der Waals surface area contributed by atoms with Crippen LogP contribution < -0.4 is 0 Å². The van der Waals surface area contributed by atoms with Crippen LogP contribution in [0, 0.1) is 0 Å². The summed E-state index contributed by atoms with van der Waals surface area (Å²) in [5.74, 6) is -0.407. The van der Waals surface area contributed by atoms with Crippen LogP contribution in [0.4, 0.5) is 13.2 Å². The van der Waals surface area contributed by atoms with Gasteiger partial charge >= 0.3 is 6.18 Å². The number of halogens is 4. The van der Waals surface area contributed by atoms with Gasteiger partial charge < -0.3 is 5.11 Å². The van der Waals surface area contributed by atoms with Gasteiger partial charge in [-0.1, -0.05) is 15.9 Å². The van der Waals surface area contributed by atoms with E-state index < -0.39 is 28.3 Å². The molecule has 0 aliphatic carbocycles. The molecule has 0 atom stereocenters. The molecule has 0 spiro atoms. The Labute approximate surface area is 136 Å². The molecule has 0 heterocycles. The molecule has 0 radical (unpaired) electrons. The average molecular weight is 404 g/mol. The first-order valence-electron chi connectivity index (χ1n) is 6.52. The number of aliphatic hydroxyl groups excluding tert-OH is 1. The zero-order chi connectivity index (χ0) is 16.8. The SMILES string of the molecule is O=S(=O)(CCN(CCCO)CC(F)(F)F)c1ccc(Br)cc1. The summed E-state index contributed by atoms with van der Waals surface area (Å²) in [6.45, 7) is -1.68. The van der Waals surface area contributed by atoms with E-state index in [1.807, 2.05) is 0 Å². The first-order valence-corrected chi connectivity index (χ1v) is 8.97. The molecule has 1 aromatic rings. The van der Waals surface area contributed by atoms with Crippen molar-refractivity contribution in [3.63, 3.8) is 0 Å². The Bertz CT molecular complexity index is 561. The molecular formula is C13H17BrF3NO3S. The molecule has 4 nitrogen and oxygen atoms in total. The second-order valence-corrected chi connectivity index (χ2v) is 7.77.